The van der Waals surface area contributed by atoms with Crippen LogP contribution in [0.5, 0.6) is 0 Å². The quantitative estimate of drug-likeness (QED) is 0.400. The first kappa shape index (κ1) is 9.68. The van der Waals surface area contributed by atoms with Crippen molar-refractivity contribution in [2.24, 2.45) is 0 Å². The molecule has 0 saturated carbocycles. The molecule has 0 unspecified atom stereocenters. The van der Waals surface area contributed by atoms with E-state index in [0.717, 1.165) is 0 Å². The molecule has 0 aliphatic carbocycles. The number of nitrogens with zero attached hydrogens (tertiary/aromatic N) is 2. The predicted molar refractivity (Wildman–Crippen MR) is 30.6 cm³/mol. The van der Waals surface area contributed by atoms with E-state index >= 15 is 0 Å². The van der Waals surface area contributed by atoms with Gasteiger partial charge in [0, 0.05) is 13.1 Å². The second kappa shape index (κ2) is 4.49. The Morgan fingerprint density at radius 1 is 1.80 bits per heavy atom. The van der Waals surface area contributed by atoms with Crippen LogP contribution in [0.25, 0.3) is 0 Å². The molecule has 50 valence electrons. The SMILES string of the molecule is CC(=O)On1ccnc1.[H-].[Na+]. The van der Waals surface area contributed by atoms with Gasteiger partial charge in [0.1, 0.15) is 6.33 Å². The maximum atomic E-state index is 10.2. The van der Waals surface area contributed by atoms with Crippen LogP contribution >= 0.6 is 0 Å². The standard InChI is InChI=1S/C5H6N2O2.Na.H/c1-5(8)9-7-3-2-6-4-7;;/h2-4H,1H3;;/q;+1;-1. The molecule has 0 spiro atoms. The molecule has 0 atom stereocenters. The summed E-state index contributed by atoms with van der Waals surface area (Å²) in [5, 5.41) is 0. The third-order valence-corrected chi connectivity index (χ3v) is 0.714. The summed E-state index contributed by atoms with van der Waals surface area (Å²) in [6.07, 6.45) is 4.48. The molecule has 1 aromatic rings. The topological polar surface area (TPSA) is 44.1 Å². The van der Waals surface area contributed by atoms with Gasteiger partial charge in [0.05, 0.1) is 6.20 Å². The van der Waals surface area contributed by atoms with Crippen molar-refractivity contribution in [3.05, 3.63) is 18.7 Å². The summed E-state index contributed by atoms with van der Waals surface area (Å²) in [7, 11) is 0. The molecular formula is C5H7N2NaO2. The van der Waals surface area contributed by atoms with E-state index in [1.54, 1.807) is 6.20 Å². The number of imidazole rings is 1. The van der Waals surface area contributed by atoms with Crippen molar-refractivity contribution < 1.29 is 40.6 Å². The molecule has 4 nitrogen and oxygen atoms in total. The summed E-state index contributed by atoms with van der Waals surface area (Å²) in [6, 6.07) is 0. The molecule has 1 heterocycles. The molecule has 0 aromatic carbocycles. The van der Waals surface area contributed by atoms with Crippen molar-refractivity contribution in [3.63, 3.8) is 0 Å². The summed E-state index contributed by atoms with van der Waals surface area (Å²) in [5.41, 5.74) is 0. The fraction of sp³-hybridized carbons (Fsp3) is 0.200. The van der Waals surface area contributed by atoms with Crippen molar-refractivity contribution in [2.75, 3.05) is 0 Å². The minimum absolute atomic E-state index is 0. The summed E-state index contributed by atoms with van der Waals surface area (Å²) in [4.78, 5) is 18.5. The van der Waals surface area contributed by atoms with Crippen LogP contribution < -0.4 is 34.4 Å². The van der Waals surface area contributed by atoms with Gasteiger partial charge in [0.2, 0.25) is 0 Å². The molecule has 0 bridgehead atoms. The second-order valence-electron chi connectivity index (χ2n) is 1.51. The van der Waals surface area contributed by atoms with Gasteiger partial charge in [-0.25, -0.2) is 9.78 Å². The number of carbonyl (C=O) groups is 1. The van der Waals surface area contributed by atoms with Crippen LogP contribution in [0.15, 0.2) is 18.7 Å². The number of aromatic nitrogens is 2. The van der Waals surface area contributed by atoms with E-state index in [9.17, 15) is 4.79 Å². The van der Waals surface area contributed by atoms with E-state index in [-0.39, 0.29) is 37.0 Å². The van der Waals surface area contributed by atoms with Gasteiger partial charge in [-0.05, 0) is 0 Å². The molecule has 0 aliphatic rings. The molecular weight excluding hydrogens is 143 g/mol. The largest absolute Gasteiger partial charge is 1.00 e. The number of rotatable bonds is 1. The van der Waals surface area contributed by atoms with Crippen LogP contribution in [0.4, 0.5) is 0 Å². The van der Waals surface area contributed by atoms with Gasteiger partial charge in [-0.1, -0.05) is 0 Å². The summed E-state index contributed by atoms with van der Waals surface area (Å²) in [5.74, 6) is -0.354. The molecule has 1 aromatic heterocycles. The summed E-state index contributed by atoms with van der Waals surface area (Å²) >= 11 is 0. The normalized spacial score (nSPS) is 8.10. The maximum absolute atomic E-state index is 10.2. The van der Waals surface area contributed by atoms with Gasteiger partial charge in [-0.3, -0.25) is 0 Å². The Hall–Kier alpha value is -0.320. The molecule has 0 radical (unpaired) electrons. The van der Waals surface area contributed by atoms with Crippen LogP contribution in [0.3, 0.4) is 0 Å². The Labute approximate surface area is 81.9 Å². The molecule has 5 heteroatoms. The minimum Gasteiger partial charge on any atom is -1.00 e. The third-order valence-electron chi connectivity index (χ3n) is 0.714. The monoisotopic (exact) mass is 150 g/mol. The minimum atomic E-state index is -0.354. The Morgan fingerprint density at radius 2 is 2.50 bits per heavy atom. The predicted octanol–water partition coefficient (Wildman–Crippen LogP) is -3.03. The van der Waals surface area contributed by atoms with E-state index < -0.39 is 0 Å². The molecule has 0 aliphatic heterocycles. The molecule has 0 saturated heterocycles. The molecule has 0 N–H and O–H groups in total. The molecule has 0 amide bonds. The maximum Gasteiger partial charge on any atom is 1.00 e. The first-order valence-electron chi connectivity index (χ1n) is 2.46. The van der Waals surface area contributed by atoms with Gasteiger partial charge in [-0.2, -0.15) is 4.73 Å². The van der Waals surface area contributed by atoms with Gasteiger partial charge in [0.15, 0.2) is 0 Å². The van der Waals surface area contributed by atoms with Gasteiger partial charge in [0.25, 0.3) is 0 Å². The first-order chi connectivity index (χ1) is 4.29. The van der Waals surface area contributed by atoms with E-state index in [0.29, 0.717) is 0 Å². The number of hydrogen-bond acceptors (Lipinski definition) is 3. The van der Waals surface area contributed by atoms with Gasteiger partial charge in [-0.15, -0.1) is 0 Å². The molecule has 10 heavy (non-hydrogen) atoms. The van der Waals surface area contributed by atoms with E-state index in [2.05, 4.69) is 9.82 Å². The van der Waals surface area contributed by atoms with Crippen molar-refractivity contribution in [3.8, 4) is 0 Å². The van der Waals surface area contributed by atoms with Crippen LogP contribution in [-0.4, -0.2) is 15.7 Å². The summed E-state index contributed by atoms with van der Waals surface area (Å²) < 4.78 is 1.24. The average molecular weight is 150 g/mol. The Bertz CT molecular complexity index is 202. The van der Waals surface area contributed by atoms with Crippen LogP contribution in [0, 0.1) is 0 Å². The molecule has 1 rings (SSSR count). The average Bonchev–Trinajstić information content (AvgIpc) is 2.15. The number of hydrogen-bond donors (Lipinski definition) is 0. The van der Waals surface area contributed by atoms with Gasteiger partial charge >= 0.3 is 35.5 Å². The Morgan fingerprint density at radius 3 is 2.90 bits per heavy atom. The van der Waals surface area contributed by atoms with Crippen molar-refractivity contribution in [1.29, 1.82) is 0 Å². The fourth-order valence-electron chi connectivity index (χ4n) is 0.449. The second-order valence-corrected chi connectivity index (χ2v) is 1.51. The zero-order valence-electron chi connectivity index (χ0n) is 6.94. The van der Waals surface area contributed by atoms with Crippen LogP contribution in [-0.2, 0) is 4.79 Å². The fourth-order valence-corrected chi connectivity index (χ4v) is 0.449. The van der Waals surface area contributed by atoms with Gasteiger partial charge < -0.3 is 6.26 Å². The van der Waals surface area contributed by atoms with Crippen molar-refractivity contribution in [1.82, 2.24) is 9.71 Å². The Kier molecular flexibility index (Phi) is 4.34. The number of carbonyl (C=O) groups excluding carboxylic acids is 1. The van der Waals surface area contributed by atoms with E-state index in [1.807, 2.05) is 0 Å². The Balaban J connectivity index is 0. The van der Waals surface area contributed by atoms with Crippen LogP contribution in [0.2, 0.25) is 0 Å². The third kappa shape index (κ3) is 3.00. The smallest absolute Gasteiger partial charge is 1.00 e. The van der Waals surface area contributed by atoms with Crippen molar-refractivity contribution >= 4 is 5.97 Å². The molecule has 0 fully saturated rings. The first-order valence-corrected chi connectivity index (χ1v) is 2.46. The van der Waals surface area contributed by atoms with E-state index in [4.69, 9.17) is 0 Å². The van der Waals surface area contributed by atoms with Crippen LogP contribution in [0.1, 0.15) is 8.35 Å². The zero-order chi connectivity index (χ0) is 6.69. The zero-order valence-corrected chi connectivity index (χ0v) is 7.94. The van der Waals surface area contributed by atoms with Crippen molar-refractivity contribution in [2.45, 2.75) is 6.92 Å². The van der Waals surface area contributed by atoms with E-state index in [1.165, 1.54) is 24.2 Å². The summed E-state index contributed by atoms with van der Waals surface area (Å²) in [6.45, 7) is 1.33.